The van der Waals surface area contributed by atoms with Crippen LogP contribution in [-0.2, 0) is 9.53 Å². The van der Waals surface area contributed by atoms with E-state index in [-0.39, 0.29) is 25.1 Å². The summed E-state index contributed by atoms with van der Waals surface area (Å²) in [6, 6.07) is 6.35. The minimum absolute atomic E-state index is 0.170. The summed E-state index contributed by atoms with van der Waals surface area (Å²) >= 11 is 0. The summed E-state index contributed by atoms with van der Waals surface area (Å²) in [6.45, 7) is 1.22. The van der Waals surface area contributed by atoms with Gasteiger partial charge in [0.05, 0.1) is 6.61 Å². The van der Waals surface area contributed by atoms with E-state index in [4.69, 9.17) is 9.84 Å². The molecule has 2 rings (SSSR count). The van der Waals surface area contributed by atoms with E-state index < -0.39 is 12.5 Å². The van der Waals surface area contributed by atoms with Crippen LogP contribution in [0.4, 0.5) is 10.5 Å². The van der Waals surface area contributed by atoms with Crippen molar-refractivity contribution < 1.29 is 24.2 Å². The Kier molecular flexibility index (Phi) is 5.53. The average molecular weight is 321 g/mol. The van der Waals surface area contributed by atoms with E-state index in [0.717, 1.165) is 0 Å². The number of nitrogens with zero attached hydrogens (tertiary/aromatic N) is 2. The van der Waals surface area contributed by atoms with Gasteiger partial charge < -0.3 is 20.1 Å². The van der Waals surface area contributed by atoms with Crippen molar-refractivity contribution in [2.75, 3.05) is 44.8 Å². The number of ether oxygens (including phenoxy) is 1. The number of nitrogens with one attached hydrogen (secondary N) is 1. The van der Waals surface area contributed by atoms with Crippen molar-refractivity contribution in [2.24, 2.45) is 0 Å². The van der Waals surface area contributed by atoms with Crippen molar-refractivity contribution in [1.82, 2.24) is 10.2 Å². The molecule has 1 aromatic carbocycles. The van der Waals surface area contributed by atoms with Gasteiger partial charge in [0.2, 0.25) is 0 Å². The average Bonchev–Trinajstić information content (AvgIpc) is 2.96. The Bertz CT molecular complexity index is 587. The number of benzene rings is 1. The van der Waals surface area contributed by atoms with Crippen LogP contribution < -0.4 is 10.2 Å². The summed E-state index contributed by atoms with van der Waals surface area (Å²) in [5.74, 6) is -1.47. The zero-order valence-electron chi connectivity index (χ0n) is 12.8. The van der Waals surface area contributed by atoms with E-state index in [1.165, 1.54) is 12.0 Å². The smallest absolute Gasteiger partial charge is 0.323 e. The molecule has 0 saturated carbocycles. The lowest BCUT2D eigenvalue weighted by Crippen LogP contribution is -2.38. The maximum Gasteiger partial charge on any atom is 0.323 e. The number of carboxylic acids is 1. The maximum atomic E-state index is 12.4. The van der Waals surface area contributed by atoms with E-state index in [1.54, 1.807) is 29.2 Å². The van der Waals surface area contributed by atoms with Crippen LogP contribution in [0.3, 0.4) is 0 Å². The zero-order chi connectivity index (χ0) is 16.8. The van der Waals surface area contributed by atoms with Gasteiger partial charge in [-0.2, -0.15) is 0 Å². The molecule has 1 aliphatic heterocycles. The molecule has 0 radical (unpaired) electrons. The number of hydrogen-bond donors (Lipinski definition) is 2. The van der Waals surface area contributed by atoms with Gasteiger partial charge in [0.1, 0.15) is 6.54 Å². The molecule has 1 fully saturated rings. The van der Waals surface area contributed by atoms with E-state index in [1.807, 2.05) is 0 Å². The first-order valence-electron chi connectivity index (χ1n) is 7.18. The molecule has 1 aromatic rings. The number of rotatable bonds is 7. The molecular weight excluding hydrogens is 302 g/mol. The second-order valence-corrected chi connectivity index (χ2v) is 5.04. The standard InChI is InChI=1S/C15H19N3O5/c1-23-9-8-17(10-13(19)20)14(21)11-2-4-12(5-3-11)18-7-6-16-15(18)22/h2-5H,6-10H2,1H3,(H,16,22)(H,19,20). The molecule has 3 amide bonds. The minimum atomic E-state index is -1.08. The van der Waals surface area contributed by atoms with Gasteiger partial charge in [0.25, 0.3) is 5.91 Å². The summed E-state index contributed by atoms with van der Waals surface area (Å²) in [5, 5.41) is 11.6. The minimum Gasteiger partial charge on any atom is -0.480 e. The van der Waals surface area contributed by atoms with Crippen LogP contribution in [0.25, 0.3) is 0 Å². The first kappa shape index (κ1) is 16.8. The normalized spacial score (nSPS) is 13.8. The molecule has 1 saturated heterocycles. The fourth-order valence-corrected chi connectivity index (χ4v) is 2.30. The number of carboxylic acid groups (broad SMARTS) is 1. The van der Waals surface area contributed by atoms with Crippen molar-refractivity contribution in [3.05, 3.63) is 29.8 Å². The summed E-state index contributed by atoms with van der Waals surface area (Å²) in [4.78, 5) is 37.7. The van der Waals surface area contributed by atoms with Gasteiger partial charge in [-0.25, -0.2) is 4.79 Å². The van der Waals surface area contributed by atoms with Gasteiger partial charge in [0.15, 0.2) is 0 Å². The predicted molar refractivity (Wildman–Crippen MR) is 82.6 cm³/mol. The molecule has 0 aromatic heterocycles. The van der Waals surface area contributed by atoms with E-state index >= 15 is 0 Å². The van der Waals surface area contributed by atoms with Gasteiger partial charge in [-0.05, 0) is 24.3 Å². The van der Waals surface area contributed by atoms with Crippen LogP contribution in [-0.4, -0.2) is 67.8 Å². The molecule has 0 spiro atoms. The van der Waals surface area contributed by atoms with Crippen molar-refractivity contribution in [1.29, 1.82) is 0 Å². The summed E-state index contributed by atoms with van der Waals surface area (Å²) < 4.78 is 4.90. The second-order valence-electron chi connectivity index (χ2n) is 5.04. The first-order chi connectivity index (χ1) is 11.0. The fraction of sp³-hybridized carbons (Fsp3) is 0.400. The van der Waals surface area contributed by atoms with Crippen LogP contribution in [0.2, 0.25) is 0 Å². The van der Waals surface area contributed by atoms with Crippen LogP contribution >= 0.6 is 0 Å². The molecule has 8 nitrogen and oxygen atoms in total. The third-order valence-electron chi connectivity index (χ3n) is 3.46. The Morgan fingerprint density at radius 1 is 1.35 bits per heavy atom. The lowest BCUT2D eigenvalue weighted by molar-refractivity contribution is -0.137. The van der Waals surface area contributed by atoms with E-state index in [9.17, 15) is 14.4 Å². The number of anilines is 1. The third kappa shape index (κ3) is 4.19. The van der Waals surface area contributed by atoms with Gasteiger partial charge in [-0.1, -0.05) is 0 Å². The highest BCUT2D eigenvalue weighted by Crippen LogP contribution is 2.18. The molecule has 23 heavy (non-hydrogen) atoms. The largest absolute Gasteiger partial charge is 0.480 e. The Balaban J connectivity index is 2.10. The molecule has 124 valence electrons. The van der Waals surface area contributed by atoms with Crippen LogP contribution in [0.5, 0.6) is 0 Å². The number of carbonyl (C=O) groups excluding carboxylic acids is 2. The zero-order valence-corrected chi connectivity index (χ0v) is 12.8. The van der Waals surface area contributed by atoms with E-state index in [0.29, 0.717) is 24.3 Å². The molecule has 0 atom stereocenters. The molecule has 0 bridgehead atoms. The lowest BCUT2D eigenvalue weighted by Gasteiger charge is -2.21. The molecule has 2 N–H and O–H groups in total. The van der Waals surface area contributed by atoms with Gasteiger partial charge in [0, 0.05) is 38.0 Å². The quantitative estimate of drug-likeness (QED) is 0.757. The van der Waals surface area contributed by atoms with Gasteiger partial charge >= 0.3 is 12.0 Å². The van der Waals surface area contributed by atoms with Crippen LogP contribution in [0, 0.1) is 0 Å². The Morgan fingerprint density at radius 2 is 2.04 bits per heavy atom. The first-order valence-corrected chi connectivity index (χ1v) is 7.18. The number of urea groups is 1. The highest BCUT2D eigenvalue weighted by molar-refractivity contribution is 5.97. The second kappa shape index (κ2) is 7.59. The number of aliphatic carboxylic acids is 1. The highest BCUT2D eigenvalue weighted by atomic mass is 16.5. The molecule has 1 heterocycles. The van der Waals surface area contributed by atoms with Crippen molar-refractivity contribution >= 4 is 23.6 Å². The predicted octanol–water partition coefficient (Wildman–Crippen LogP) is 0.389. The molecular formula is C15H19N3O5. The molecule has 0 unspecified atom stereocenters. The van der Waals surface area contributed by atoms with Gasteiger partial charge in [-0.3, -0.25) is 14.5 Å². The molecule has 0 aliphatic carbocycles. The van der Waals surface area contributed by atoms with E-state index in [2.05, 4.69) is 5.32 Å². The van der Waals surface area contributed by atoms with Crippen molar-refractivity contribution in [3.8, 4) is 0 Å². The van der Waals surface area contributed by atoms with Crippen LogP contribution in [0.1, 0.15) is 10.4 Å². The SMILES string of the molecule is COCCN(CC(=O)O)C(=O)c1ccc(N2CCNC2=O)cc1. The molecule has 1 aliphatic rings. The fourth-order valence-electron chi connectivity index (χ4n) is 2.30. The van der Waals surface area contributed by atoms with Crippen LogP contribution in [0.15, 0.2) is 24.3 Å². The van der Waals surface area contributed by atoms with Gasteiger partial charge in [-0.15, -0.1) is 0 Å². The van der Waals surface area contributed by atoms with Crippen molar-refractivity contribution in [3.63, 3.8) is 0 Å². The topological polar surface area (TPSA) is 99.2 Å². The third-order valence-corrected chi connectivity index (χ3v) is 3.46. The lowest BCUT2D eigenvalue weighted by atomic mass is 10.1. The number of carbonyl (C=O) groups is 3. The Hall–Kier alpha value is -2.61. The molecule has 8 heteroatoms. The Morgan fingerprint density at radius 3 is 2.57 bits per heavy atom. The maximum absolute atomic E-state index is 12.4. The monoisotopic (exact) mass is 321 g/mol. The number of methoxy groups -OCH3 is 1. The Labute approximate surface area is 133 Å². The summed E-state index contributed by atoms with van der Waals surface area (Å²) in [6.07, 6.45) is 0. The summed E-state index contributed by atoms with van der Waals surface area (Å²) in [5.41, 5.74) is 1.06. The highest BCUT2D eigenvalue weighted by Gasteiger charge is 2.22. The number of hydrogen-bond acceptors (Lipinski definition) is 4. The van der Waals surface area contributed by atoms with Crippen molar-refractivity contribution in [2.45, 2.75) is 0 Å². The number of amides is 3. The summed E-state index contributed by atoms with van der Waals surface area (Å²) in [7, 11) is 1.49.